The number of aromatic nitrogens is 2. The van der Waals surface area contributed by atoms with Gasteiger partial charge in [0, 0.05) is 25.6 Å². The molecule has 11 nitrogen and oxygen atoms in total. The smallest absolute Gasteiger partial charge is 0.243 e. The number of carbonyl (C=O) groups excluding carboxylic acids is 3. The molecule has 4 atom stereocenters. The molecule has 3 heterocycles. The van der Waals surface area contributed by atoms with Gasteiger partial charge in [-0.1, -0.05) is 62.5 Å². The first-order valence-electron chi connectivity index (χ1n) is 16.3. The minimum atomic E-state index is -0.897. The van der Waals surface area contributed by atoms with E-state index in [1.165, 1.54) is 4.90 Å². The van der Waals surface area contributed by atoms with Gasteiger partial charge in [-0.25, -0.2) is 4.98 Å². The number of aryl methyl sites for hydroxylation is 2. The lowest BCUT2D eigenvalue weighted by atomic mass is 9.91. The van der Waals surface area contributed by atoms with Crippen LogP contribution in [-0.4, -0.2) is 69.6 Å². The van der Waals surface area contributed by atoms with Crippen molar-refractivity contribution in [2.75, 3.05) is 19.6 Å². The maximum absolute atomic E-state index is 13.9. The molecule has 12 heteroatoms. The number of β-amino-alcohol motifs (C(OH)–C–C–N with tert-alkyl or cyclic N) is 1. The van der Waals surface area contributed by atoms with Crippen LogP contribution >= 0.6 is 11.3 Å². The van der Waals surface area contributed by atoms with Gasteiger partial charge in [0.1, 0.15) is 17.7 Å². The summed E-state index contributed by atoms with van der Waals surface area (Å²) in [5.41, 5.74) is 10.7. The van der Waals surface area contributed by atoms with Crippen LogP contribution in [0.1, 0.15) is 93.5 Å². The van der Waals surface area contributed by atoms with Crippen molar-refractivity contribution in [3.63, 3.8) is 0 Å². The average molecular weight is 653 g/mol. The van der Waals surface area contributed by atoms with Crippen LogP contribution in [0, 0.1) is 19.8 Å². The third kappa shape index (κ3) is 9.23. The summed E-state index contributed by atoms with van der Waals surface area (Å²) in [5.74, 6) is -1.23. The molecule has 46 heavy (non-hydrogen) atoms. The predicted octanol–water partition coefficient (Wildman–Crippen LogP) is 4.39. The second-order valence-corrected chi connectivity index (χ2v) is 13.4. The summed E-state index contributed by atoms with van der Waals surface area (Å²) < 4.78 is 5.45. The molecule has 1 saturated heterocycles. The highest BCUT2D eigenvalue weighted by Crippen LogP contribution is 2.32. The second-order valence-electron chi connectivity index (χ2n) is 12.5. The van der Waals surface area contributed by atoms with Gasteiger partial charge < -0.3 is 30.9 Å². The molecule has 0 unspecified atom stereocenters. The zero-order chi connectivity index (χ0) is 33.2. The number of hydrogen-bond acceptors (Lipinski definition) is 9. The molecule has 1 fully saturated rings. The number of amides is 3. The Balaban J connectivity index is 1.50. The standard InChI is InChI=1S/C34H48N6O5S/c1-21(2)31(29-16-22(3)39-45-29)34(44)40-19-26(41)17-28(40)33(43)38-27(18-30(42)36-15-9-7-5-6-8-14-35)24-10-12-25(13-11-24)32-23(4)37-20-46-32/h10-13,16,20-21,26-28,31,41H,5-9,14-15,17-19,35H2,1-4H3,(H,36,42)(H,38,43)/t26-,27+,28+,31-/m1/s1. The first-order valence-corrected chi connectivity index (χ1v) is 17.2. The first kappa shape index (κ1) is 35.2. The number of nitrogens with zero attached hydrogens (tertiary/aromatic N) is 3. The number of hydrogen-bond donors (Lipinski definition) is 4. The largest absolute Gasteiger partial charge is 0.391 e. The Morgan fingerprint density at radius 3 is 2.46 bits per heavy atom. The highest BCUT2D eigenvalue weighted by molar-refractivity contribution is 7.13. The van der Waals surface area contributed by atoms with Crippen molar-refractivity contribution in [1.82, 2.24) is 25.7 Å². The van der Waals surface area contributed by atoms with Crippen LogP contribution in [-0.2, 0) is 14.4 Å². The highest BCUT2D eigenvalue weighted by atomic mass is 32.1. The lowest BCUT2D eigenvalue weighted by Crippen LogP contribution is -2.49. The van der Waals surface area contributed by atoms with Crippen LogP contribution < -0.4 is 16.4 Å². The van der Waals surface area contributed by atoms with Crippen molar-refractivity contribution < 1.29 is 24.0 Å². The van der Waals surface area contributed by atoms with Gasteiger partial charge in [-0.15, -0.1) is 11.3 Å². The predicted molar refractivity (Wildman–Crippen MR) is 178 cm³/mol. The number of nitrogens with two attached hydrogens (primary N) is 1. The number of likely N-dealkylation sites (tertiary alicyclic amines) is 1. The van der Waals surface area contributed by atoms with Crippen molar-refractivity contribution in [2.24, 2.45) is 11.7 Å². The Morgan fingerprint density at radius 2 is 1.83 bits per heavy atom. The molecule has 0 spiro atoms. The molecule has 3 amide bonds. The molecule has 5 N–H and O–H groups in total. The highest BCUT2D eigenvalue weighted by Gasteiger charge is 2.43. The van der Waals surface area contributed by atoms with Crippen molar-refractivity contribution >= 4 is 29.1 Å². The molecule has 0 bridgehead atoms. The minimum absolute atomic E-state index is 0.0343. The second kappa shape index (κ2) is 16.8. The summed E-state index contributed by atoms with van der Waals surface area (Å²) in [5, 5.41) is 20.6. The van der Waals surface area contributed by atoms with Crippen LogP contribution in [0.5, 0.6) is 0 Å². The van der Waals surface area contributed by atoms with Crippen LogP contribution in [0.3, 0.4) is 0 Å². The summed E-state index contributed by atoms with van der Waals surface area (Å²) >= 11 is 1.56. The lowest BCUT2D eigenvalue weighted by Gasteiger charge is -2.30. The van der Waals surface area contributed by atoms with Gasteiger partial charge >= 0.3 is 0 Å². The van der Waals surface area contributed by atoms with Crippen molar-refractivity contribution in [1.29, 1.82) is 0 Å². The van der Waals surface area contributed by atoms with E-state index in [0.29, 0.717) is 24.5 Å². The molecule has 4 rings (SSSR count). The fraction of sp³-hybridized carbons (Fsp3) is 0.559. The third-order valence-corrected chi connectivity index (χ3v) is 9.46. The van der Waals surface area contributed by atoms with E-state index in [-0.39, 0.29) is 37.1 Å². The fourth-order valence-electron chi connectivity index (χ4n) is 6.00. The molecular formula is C34H48N6O5S. The quantitative estimate of drug-likeness (QED) is 0.166. The molecule has 2 aromatic heterocycles. The maximum atomic E-state index is 13.9. The monoisotopic (exact) mass is 652 g/mol. The first-order chi connectivity index (χ1) is 22.1. The van der Waals surface area contributed by atoms with Gasteiger partial charge in [0.05, 0.1) is 40.3 Å². The fourth-order valence-corrected chi connectivity index (χ4v) is 6.81. The summed E-state index contributed by atoms with van der Waals surface area (Å²) in [6.45, 7) is 8.85. The lowest BCUT2D eigenvalue weighted by molar-refractivity contribution is -0.141. The van der Waals surface area contributed by atoms with Crippen molar-refractivity contribution in [2.45, 2.75) is 96.7 Å². The number of aliphatic hydroxyl groups is 1. The average Bonchev–Trinajstić information content (AvgIpc) is 3.76. The Kier molecular flexibility index (Phi) is 12.9. The number of nitrogens with one attached hydrogen (secondary N) is 2. The van der Waals surface area contributed by atoms with E-state index in [1.54, 1.807) is 29.8 Å². The van der Waals surface area contributed by atoms with Crippen molar-refractivity contribution in [3.8, 4) is 10.4 Å². The van der Waals surface area contributed by atoms with E-state index in [1.807, 2.05) is 45.0 Å². The number of thiazole rings is 1. The van der Waals surface area contributed by atoms with Gasteiger partial charge in [-0.05, 0) is 50.3 Å². The molecule has 1 aromatic carbocycles. The number of carbonyl (C=O) groups is 3. The third-order valence-electron chi connectivity index (χ3n) is 8.48. The molecule has 1 aliphatic heterocycles. The number of aliphatic hydroxyl groups excluding tert-OH is 1. The van der Waals surface area contributed by atoms with E-state index in [2.05, 4.69) is 20.8 Å². The molecule has 3 aromatic rings. The van der Waals surface area contributed by atoms with Crippen molar-refractivity contribution in [3.05, 3.63) is 58.6 Å². The number of rotatable bonds is 16. The van der Waals surface area contributed by atoms with Gasteiger partial charge in [-0.3, -0.25) is 14.4 Å². The van der Waals surface area contributed by atoms with Gasteiger partial charge in [0.15, 0.2) is 0 Å². The molecular weight excluding hydrogens is 604 g/mol. The Morgan fingerprint density at radius 1 is 1.11 bits per heavy atom. The van der Waals surface area contributed by atoms with Gasteiger partial charge in [0.2, 0.25) is 17.7 Å². The minimum Gasteiger partial charge on any atom is -0.391 e. The van der Waals surface area contributed by atoms with E-state index in [4.69, 9.17) is 10.3 Å². The van der Waals surface area contributed by atoms with Gasteiger partial charge in [0.25, 0.3) is 0 Å². The molecule has 0 aliphatic carbocycles. The Bertz CT molecular complexity index is 1440. The summed E-state index contributed by atoms with van der Waals surface area (Å²) in [6.07, 6.45) is 4.34. The SMILES string of the molecule is Cc1cc([C@H](C(=O)N2C[C@H](O)C[C@H]2C(=O)N[C@@H](CC(=O)NCCCCCCCN)c2ccc(-c3scnc3C)cc2)C(C)C)on1. The molecule has 250 valence electrons. The van der Waals surface area contributed by atoms with Crippen LogP contribution in [0.4, 0.5) is 0 Å². The summed E-state index contributed by atoms with van der Waals surface area (Å²) in [4.78, 5) is 47.7. The van der Waals surface area contributed by atoms with Gasteiger partial charge in [-0.2, -0.15) is 0 Å². The van der Waals surface area contributed by atoms with E-state index in [9.17, 15) is 19.5 Å². The zero-order valence-electron chi connectivity index (χ0n) is 27.3. The number of benzene rings is 1. The van der Waals surface area contributed by atoms with E-state index >= 15 is 0 Å². The summed E-state index contributed by atoms with van der Waals surface area (Å²) in [6, 6.07) is 7.96. The molecule has 0 radical (unpaired) electrons. The van der Waals surface area contributed by atoms with Crippen LogP contribution in [0.25, 0.3) is 10.4 Å². The number of unbranched alkanes of at least 4 members (excludes halogenated alkanes) is 4. The Labute approximate surface area is 275 Å². The van der Waals surface area contributed by atoms with Crippen LogP contribution in [0.2, 0.25) is 0 Å². The zero-order valence-corrected chi connectivity index (χ0v) is 28.1. The van der Waals surface area contributed by atoms with Crippen LogP contribution in [0.15, 0.2) is 40.4 Å². The van der Waals surface area contributed by atoms with E-state index in [0.717, 1.165) is 53.8 Å². The molecule has 0 saturated carbocycles. The maximum Gasteiger partial charge on any atom is 0.243 e. The Hall–Kier alpha value is -3.61. The topological polar surface area (TPSA) is 164 Å². The molecule has 1 aliphatic rings. The summed E-state index contributed by atoms with van der Waals surface area (Å²) in [7, 11) is 0. The van der Waals surface area contributed by atoms with E-state index < -0.39 is 30.0 Å². The normalized spacial score (nSPS) is 17.7.